The van der Waals surface area contributed by atoms with Crippen molar-refractivity contribution in [3.05, 3.63) is 47.8 Å². The summed E-state index contributed by atoms with van der Waals surface area (Å²) in [6.07, 6.45) is 4.78. The first-order valence-corrected chi connectivity index (χ1v) is 6.22. The van der Waals surface area contributed by atoms with Crippen LogP contribution in [0.25, 0.3) is 0 Å². The molecule has 3 rings (SSSR count). The average Bonchev–Trinajstić information content (AvgIpc) is 2.39. The van der Waals surface area contributed by atoms with Crippen LogP contribution >= 0.6 is 0 Å². The highest BCUT2D eigenvalue weighted by Gasteiger charge is 2.18. The number of aromatic nitrogens is 2. The number of fused-ring (bicyclic) bond motifs is 1. The zero-order valence-corrected chi connectivity index (χ0v) is 10.1. The number of aryl methyl sites for hydroxylation is 1. The van der Waals surface area contributed by atoms with Crippen molar-refractivity contribution in [1.29, 1.82) is 0 Å². The molecule has 0 fully saturated rings. The van der Waals surface area contributed by atoms with Crippen LogP contribution in [0.15, 0.2) is 36.7 Å². The second-order valence-corrected chi connectivity index (χ2v) is 4.68. The molecule has 92 valence electrons. The predicted octanol–water partition coefficient (Wildman–Crippen LogP) is 2.03. The van der Waals surface area contributed by atoms with Gasteiger partial charge in [0.15, 0.2) is 0 Å². The van der Waals surface area contributed by atoms with Crippen LogP contribution in [0.2, 0.25) is 0 Å². The van der Waals surface area contributed by atoms with E-state index in [1.807, 2.05) is 0 Å². The first-order chi connectivity index (χ1) is 8.81. The number of nitrogens with two attached hydrogens (primary N) is 1. The Morgan fingerprint density at radius 3 is 2.83 bits per heavy atom. The molecule has 0 saturated heterocycles. The summed E-state index contributed by atoms with van der Waals surface area (Å²) in [5, 5.41) is 3.43. The molecule has 3 N–H and O–H groups in total. The minimum atomic E-state index is 0.425. The van der Waals surface area contributed by atoms with Gasteiger partial charge in [-0.15, -0.1) is 0 Å². The minimum absolute atomic E-state index is 0.425. The third-order valence-corrected chi connectivity index (χ3v) is 3.39. The van der Waals surface area contributed by atoms with E-state index in [0.717, 1.165) is 25.1 Å². The normalized spacial score (nSPS) is 18.1. The van der Waals surface area contributed by atoms with Crippen molar-refractivity contribution in [2.24, 2.45) is 0 Å². The van der Waals surface area contributed by atoms with Crippen LogP contribution in [-0.4, -0.2) is 16.0 Å². The van der Waals surface area contributed by atoms with Gasteiger partial charge in [-0.25, -0.2) is 9.97 Å². The van der Waals surface area contributed by atoms with E-state index in [9.17, 15) is 0 Å². The fourth-order valence-corrected chi connectivity index (χ4v) is 2.48. The van der Waals surface area contributed by atoms with E-state index >= 15 is 0 Å². The maximum absolute atomic E-state index is 5.65. The Morgan fingerprint density at radius 2 is 2.00 bits per heavy atom. The van der Waals surface area contributed by atoms with Crippen molar-refractivity contribution in [2.75, 3.05) is 11.1 Å². The molecule has 1 aromatic heterocycles. The summed E-state index contributed by atoms with van der Waals surface area (Å²) in [7, 11) is 0. The van der Waals surface area contributed by atoms with Gasteiger partial charge in [-0.2, -0.15) is 0 Å². The molecular formula is C14H16N4. The van der Waals surface area contributed by atoms with Crippen LogP contribution in [0.3, 0.4) is 0 Å². The minimum Gasteiger partial charge on any atom is -0.384 e. The molecule has 0 amide bonds. The average molecular weight is 240 g/mol. The number of rotatable bonds is 2. The van der Waals surface area contributed by atoms with Gasteiger partial charge in [-0.05, 0) is 30.4 Å². The first kappa shape index (κ1) is 11.0. The SMILES string of the molecule is Nc1cc(NC2CCc3ccccc3C2)ncn1. The highest BCUT2D eigenvalue weighted by atomic mass is 15.0. The van der Waals surface area contributed by atoms with E-state index in [0.29, 0.717) is 11.9 Å². The number of nitrogen functional groups attached to an aromatic ring is 1. The van der Waals surface area contributed by atoms with Crippen molar-refractivity contribution < 1.29 is 0 Å². The maximum Gasteiger partial charge on any atom is 0.131 e. The Balaban J connectivity index is 1.73. The lowest BCUT2D eigenvalue weighted by Gasteiger charge is -2.25. The summed E-state index contributed by atoms with van der Waals surface area (Å²) in [6, 6.07) is 10.8. The molecule has 0 radical (unpaired) electrons. The van der Waals surface area contributed by atoms with E-state index in [2.05, 4.69) is 39.6 Å². The van der Waals surface area contributed by atoms with E-state index in [1.165, 1.54) is 17.5 Å². The number of nitrogens with zero attached hydrogens (tertiary/aromatic N) is 2. The van der Waals surface area contributed by atoms with Crippen molar-refractivity contribution in [1.82, 2.24) is 9.97 Å². The van der Waals surface area contributed by atoms with Crippen LogP contribution in [-0.2, 0) is 12.8 Å². The van der Waals surface area contributed by atoms with Crippen molar-refractivity contribution in [3.8, 4) is 0 Å². The molecule has 0 saturated carbocycles. The van der Waals surface area contributed by atoms with Gasteiger partial charge in [0.1, 0.15) is 18.0 Å². The van der Waals surface area contributed by atoms with Crippen molar-refractivity contribution >= 4 is 11.6 Å². The van der Waals surface area contributed by atoms with Crippen LogP contribution in [0, 0.1) is 0 Å². The summed E-state index contributed by atoms with van der Waals surface area (Å²) in [6.45, 7) is 0. The lowest BCUT2D eigenvalue weighted by atomic mass is 9.88. The maximum atomic E-state index is 5.65. The molecule has 4 heteroatoms. The van der Waals surface area contributed by atoms with Crippen molar-refractivity contribution in [2.45, 2.75) is 25.3 Å². The molecule has 4 nitrogen and oxygen atoms in total. The molecule has 1 atom stereocenters. The Morgan fingerprint density at radius 1 is 1.17 bits per heavy atom. The standard InChI is InChI=1S/C14H16N4/c15-13-8-14(17-9-16-13)18-12-6-5-10-3-1-2-4-11(10)7-12/h1-4,8-9,12H,5-7H2,(H3,15,16,17,18). The number of hydrogen-bond acceptors (Lipinski definition) is 4. The summed E-state index contributed by atoms with van der Waals surface area (Å²) in [5.74, 6) is 1.32. The molecule has 2 aromatic rings. The first-order valence-electron chi connectivity index (χ1n) is 6.22. The van der Waals surface area contributed by atoms with E-state index in [1.54, 1.807) is 6.07 Å². The molecule has 0 aliphatic heterocycles. The van der Waals surface area contributed by atoms with Crippen LogP contribution in [0.4, 0.5) is 11.6 Å². The van der Waals surface area contributed by atoms with Crippen LogP contribution in [0.5, 0.6) is 0 Å². The van der Waals surface area contributed by atoms with E-state index in [4.69, 9.17) is 5.73 Å². The quantitative estimate of drug-likeness (QED) is 0.843. The third kappa shape index (κ3) is 2.27. The van der Waals surface area contributed by atoms with Crippen LogP contribution in [0.1, 0.15) is 17.5 Å². The van der Waals surface area contributed by atoms with Gasteiger partial charge in [0.25, 0.3) is 0 Å². The Bertz CT molecular complexity index is 553. The Labute approximate surface area is 106 Å². The second-order valence-electron chi connectivity index (χ2n) is 4.68. The number of anilines is 2. The van der Waals surface area contributed by atoms with Gasteiger partial charge in [0.05, 0.1) is 0 Å². The summed E-state index contributed by atoms with van der Waals surface area (Å²) in [5.41, 5.74) is 8.55. The van der Waals surface area contributed by atoms with Gasteiger partial charge in [0.2, 0.25) is 0 Å². The predicted molar refractivity (Wildman–Crippen MR) is 72.3 cm³/mol. The number of benzene rings is 1. The molecule has 1 unspecified atom stereocenters. The smallest absolute Gasteiger partial charge is 0.131 e. The van der Waals surface area contributed by atoms with E-state index in [-0.39, 0.29) is 0 Å². The van der Waals surface area contributed by atoms with Gasteiger partial charge in [0, 0.05) is 12.1 Å². The second kappa shape index (κ2) is 4.64. The topological polar surface area (TPSA) is 63.8 Å². The molecule has 18 heavy (non-hydrogen) atoms. The summed E-state index contributed by atoms with van der Waals surface area (Å²) in [4.78, 5) is 8.08. The number of hydrogen-bond donors (Lipinski definition) is 2. The van der Waals surface area contributed by atoms with Gasteiger partial charge < -0.3 is 11.1 Å². The lowest BCUT2D eigenvalue weighted by Crippen LogP contribution is -2.27. The van der Waals surface area contributed by atoms with E-state index < -0.39 is 0 Å². The third-order valence-electron chi connectivity index (χ3n) is 3.39. The molecule has 1 aromatic carbocycles. The van der Waals surface area contributed by atoms with Gasteiger partial charge >= 0.3 is 0 Å². The zero-order valence-electron chi connectivity index (χ0n) is 10.1. The molecular weight excluding hydrogens is 224 g/mol. The fraction of sp³-hybridized carbons (Fsp3) is 0.286. The van der Waals surface area contributed by atoms with Gasteiger partial charge in [-0.3, -0.25) is 0 Å². The molecule has 1 aliphatic rings. The summed E-state index contributed by atoms with van der Waals surface area (Å²) < 4.78 is 0. The zero-order chi connectivity index (χ0) is 12.4. The summed E-state index contributed by atoms with van der Waals surface area (Å²) >= 11 is 0. The van der Waals surface area contributed by atoms with Crippen molar-refractivity contribution in [3.63, 3.8) is 0 Å². The Hall–Kier alpha value is -2.10. The highest BCUT2D eigenvalue weighted by Crippen LogP contribution is 2.23. The molecule has 1 aliphatic carbocycles. The fourth-order valence-electron chi connectivity index (χ4n) is 2.48. The van der Waals surface area contributed by atoms with Crippen LogP contribution < -0.4 is 11.1 Å². The monoisotopic (exact) mass is 240 g/mol. The van der Waals surface area contributed by atoms with Gasteiger partial charge in [-0.1, -0.05) is 24.3 Å². The molecule has 0 spiro atoms. The molecule has 0 bridgehead atoms. The number of nitrogens with one attached hydrogen (secondary N) is 1. The largest absolute Gasteiger partial charge is 0.384 e. The molecule has 1 heterocycles. The lowest BCUT2D eigenvalue weighted by molar-refractivity contribution is 0.608. The Kier molecular flexibility index (Phi) is 2.84. The highest BCUT2D eigenvalue weighted by molar-refractivity contribution is 5.45.